The predicted octanol–water partition coefficient (Wildman–Crippen LogP) is 8.53. The third kappa shape index (κ3) is 8.81. The highest BCUT2D eigenvalue weighted by Crippen LogP contribution is 2.45. The van der Waals surface area contributed by atoms with Gasteiger partial charge in [-0.1, -0.05) is 74.7 Å². The maximum absolute atomic E-state index is 5.44. The van der Waals surface area contributed by atoms with Crippen molar-refractivity contribution < 1.29 is 9.47 Å². The number of ether oxygens (including phenoxy) is 2. The highest BCUT2D eigenvalue weighted by atomic mass is 16.5. The fraction of sp³-hybridized carbons (Fsp3) is 1.00. The first-order chi connectivity index (χ1) is 14.0. The van der Waals surface area contributed by atoms with Crippen LogP contribution in [0.4, 0.5) is 0 Å². The average molecular weight is 425 g/mol. The van der Waals surface area contributed by atoms with Crippen molar-refractivity contribution in [3.63, 3.8) is 0 Å². The van der Waals surface area contributed by atoms with Gasteiger partial charge in [0.2, 0.25) is 0 Å². The minimum absolute atomic E-state index is 0.264. The van der Waals surface area contributed by atoms with Crippen molar-refractivity contribution >= 4 is 0 Å². The quantitative estimate of drug-likeness (QED) is 0.425. The van der Waals surface area contributed by atoms with Crippen LogP contribution >= 0.6 is 0 Å². The molecule has 2 heteroatoms. The molecule has 4 fully saturated rings. The van der Waals surface area contributed by atoms with Gasteiger partial charge in [0.25, 0.3) is 0 Å². The van der Waals surface area contributed by atoms with Gasteiger partial charge in [-0.3, -0.25) is 0 Å². The van der Waals surface area contributed by atoms with Crippen molar-refractivity contribution in [2.24, 2.45) is 35.5 Å². The fourth-order valence-electron chi connectivity index (χ4n) is 4.55. The van der Waals surface area contributed by atoms with Gasteiger partial charge in [-0.05, 0) is 80.5 Å². The zero-order chi connectivity index (χ0) is 22.9. The van der Waals surface area contributed by atoms with Gasteiger partial charge in [-0.15, -0.1) is 0 Å². The van der Waals surface area contributed by atoms with Crippen molar-refractivity contribution in [1.29, 1.82) is 0 Å². The van der Waals surface area contributed by atoms with Gasteiger partial charge in [-0.2, -0.15) is 0 Å². The standard InChI is InChI=1S/C8H16O.C7H14O.C7H14.C6H12/c1-7(2)8(9-3)5-4-6-8;1-6(2)7(8-3)4-5-7;1-6(2)7-4-3-5-7;1-5(2)6-3-4-6/h7H,4-6H2,1-3H3;6H,4-5H2,1-3H3;6-7H,3-5H2,1-2H3;5-6H,3-4H2,1-2H3. The lowest BCUT2D eigenvalue weighted by molar-refractivity contribution is -0.105. The van der Waals surface area contributed by atoms with Gasteiger partial charge in [0.05, 0.1) is 11.2 Å². The molecule has 0 spiro atoms. The van der Waals surface area contributed by atoms with Gasteiger partial charge in [0, 0.05) is 14.2 Å². The van der Waals surface area contributed by atoms with Gasteiger partial charge < -0.3 is 9.47 Å². The second-order valence-electron chi connectivity index (χ2n) is 11.7. The second kappa shape index (κ2) is 12.8. The van der Waals surface area contributed by atoms with Crippen LogP contribution in [0.25, 0.3) is 0 Å². The van der Waals surface area contributed by atoms with Crippen LogP contribution in [0, 0.1) is 35.5 Å². The van der Waals surface area contributed by atoms with Crippen LogP contribution < -0.4 is 0 Å². The van der Waals surface area contributed by atoms with Gasteiger partial charge in [0.15, 0.2) is 0 Å². The number of rotatable bonds is 6. The van der Waals surface area contributed by atoms with E-state index in [1.54, 1.807) is 0 Å². The van der Waals surface area contributed by atoms with Gasteiger partial charge in [-0.25, -0.2) is 0 Å². The maximum Gasteiger partial charge on any atom is 0.0703 e. The van der Waals surface area contributed by atoms with Crippen LogP contribution in [0.5, 0.6) is 0 Å². The van der Waals surface area contributed by atoms with Crippen molar-refractivity contribution in [1.82, 2.24) is 0 Å². The van der Waals surface area contributed by atoms with Crippen molar-refractivity contribution in [3.05, 3.63) is 0 Å². The van der Waals surface area contributed by atoms with E-state index in [9.17, 15) is 0 Å². The zero-order valence-electron chi connectivity index (χ0n) is 22.4. The Labute approximate surface area is 190 Å². The van der Waals surface area contributed by atoms with E-state index < -0.39 is 0 Å². The molecule has 180 valence electrons. The third-order valence-electron chi connectivity index (χ3n) is 8.52. The summed E-state index contributed by atoms with van der Waals surface area (Å²) in [5, 5.41) is 0. The Kier molecular flexibility index (Phi) is 12.0. The van der Waals surface area contributed by atoms with E-state index in [4.69, 9.17) is 9.47 Å². The molecule has 0 amide bonds. The van der Waals surface area contributed by atoms with E-state index in [1.807, 2.05) is 14.2 Å². The molecule has 0 aromatic rings. The predicted molar refractivity (Wildman–Crippen MR) is 132 cm³/mol. The molecule has 4 rings (SSSR count). The second-order valence-corrected chi connectivity index (χ2v) is 11.7. The Balaban J connectivity index is 0.000000202. The molecule has 0 N–H and O–H groups in total. The summed E-state index contributed by atoms with van der Waals surface area (Å²) < 4.78 is 10.7. The molecule has 30 heavy (non-hydrogen) atoms. The molecule has 0 aliphatic heterocycles. The average Bonchev–Trinajstić information content (AvgIpc) is 3.46. The maximum atomic E-state index is 5.44. The number of methoxy groups -OCH3 is 2. The molecule has 0 radical (unpaired) electrons. The fourth-order valence-corrected chi connectivity index (χ4v) is 4.55. The lowest BCUT2D eigenvalue weighted by Crippen LogP contribution is -2.43. The SMILES string of the molecule is CC(C)C1CC1.CC(C)C1CCC1.COC1(C(C)C)CC1.COC1(C(C)C)CCC1. The molecule has 0 unspecified atom stereocenters. The summed E-state index contributed by atoms with van der Waals surface area (Å²) in [7, 11) is 3.64. The lowest BCUT2D eigenvalue weighted by Gasteiger charge is -2.44. The van der Waals surface area contributed by atoms with Crippen LogP contribution in [0.15, 0.2) is 0 Å². The highest BCUT2D eigenvalue weighted by molar-refractivity contribution is 4.97. The molecular weight excluding hydrogens is 368 g/mol. The van der Waals surface area contributed by atoms with Crippen LogP contribution in [0.2, 0.25) is 0 Å². The molecule has 0 bridgehead atoms. The summed E-state index contributed by atoms with van der Waals surface area (Å²) in [6.45, 7) is 18.2. The van der Waals surface area contributed by atoms with Gasteiger partial charge in [0.1, 0.15) is 0 Å². The smallest absolute Gasteiger partial charge is 0.0703 e. The molecule has 0 heterocycles. The largest absolute Gasteiger partial charge is 0.378 e. The number of hydrogen-bond donors (Lipinski definition) is 0. The molecule has 0 saturated heterocycles. The van der Waals surface area contributed by atoms with E-state index >= 15 is 0 Å². The van der Waals surface area contributed by atoms with Crippen molar-refractivity contribution in [3.8, 4) is 0 Å². The summed E-state index contributed by atoms with van der Waals surface area (Å²) in [4.78, 5) is 0. The molecule has 0 aromatic carbocycles. The van der Waals surface area contributed by atoms with Crippen LogP contribution in [-0.4, -0.2) is 25.4 Å². The topological polar surface area (TPSA) is 18.5 Å². The molecular formula is C28H56O2. The molecule has 4 saturated carbocycles. The van der Waals surface area contributed by atoms with Crippen LogP contribution in [0.3, 0.4) is 0 Å². The highest BCUT2D eigenvalue weighted by Gasteiger charge is 2.45. The molecule has 0 aromatic heterocycles. The normalized spacial score (nSPS) is 23.4. The minimum Gasteiger partial charge on any atom is -0.378 e. The van der Waals surface area contributed by atoms with E-state index in [1.165, 1.54) is 64.2 Å². The minimum atomic E-state index is 0.264. The molecule has 0 atom stereocenters. The Hall–Kier alpha value is -0.0800. The van der Waals surface area contributed by atoms with Crippen LogP contribution in [-0.2, 0) is 9.47 Å². The monoisotopic (exact) mass is 424 g/mol. The van der Waals surface area contributed by atoms with E-state index in [0.29, 0.717) is 17.4 Å². The summed E-state index contributed by atoms with van der Waals surface area (Å²) >= 11 is 0. The first kappa shape index (κ1) is 28.0. The summed E-state index contributed by atoms with van der Waals surface area (Å²) in [5.41, 5.74) is 0.556. The summed E-state index contributed by atoms with van der Waals surface area (Å²) in [6.07, 6.45) is 13.9. The molecule has 4 aliphatic carbocycles. The Morgan fingerprint density at radius 2 is 0.900 bits per heavy atom. The van der Waals surface area contributed by atoms with Gasteiger partial charge >= 0.3 is 0 Å². The zero-order valence-corrected chi connectivity index (χ0v) is 22.4. The van der Waals surface area contributed by atoms with E-state index in [2.05, 4.69) is 55.4 Å². The van der Waals surface area contributed by atoms with Crippen LogP contribution in [0.1, 0.15) is 120 Å². The summed E-state index contributed by atoms with van der Waals surface area (Å²) in [5.74, 6) is 5.49. The first-order valence-electron chi connectivity index (χ1n) is 13.1. The number of hydrogen-bond acceptors (Lipinski definition) is 2. The Morgan fingerprint density at radius 3 is 0.900 bits per heavy atom. The Morgan fingerprint density at radius 1 is 0.533 bits per heavy atom. The first-order valence-corrected chi connectivity index (χ1v) is 13.1. The Bertz CT molecular complexity index is 430. The van der Waals surface area contributed by atoms with Crippen molar-refractivity contribution in [2.45, 2.75) is 131 Å². The molecule has 4 aliphatic rings. The third-order valence-corrected chi connectivity index (χ3v) is 8.52. The van der Waals surface area contributed by atoms with E-state index in [0.717, 1.165) is 23.7 Å². The lowest BCUT2D eigenvalue weighted by atomic mass is 9.72. The van der Waals surface area contributed by atoms with Crippen molar-refractivity contribution in [2.75, 3.05) is 14.2 Å². The summed E-state index contributed by atoms with van der Waals surface area (Å²) in [6, 6.07) is 0. The van der Waals surface area contributed by atoms with E-state index in [-0.39, 0.29) is 5.60 Å². The molecule has 2 nitrogen and oxygen atoms in total.